The maximum Gasteiger partial charge on any atom is 0.416 e. The molecule has 1 aliphatic rings. The van der Waals surface area contributed by atoms with Crippen LogP contribution in [0.15, 0.2) is 36.4 Å². The molecular formula is C35H49F3NO2+. The van der Waals surface area contributed by atoms with Gasteiger partial charge in [-0.15, -0.1) is 0 Å². The number of unbranched alkanes of at least 4 members (excludes halogenated alkanes) is 9. The van der Waals surface area contributed by atoms with Crippen LogP contribution in [0.2, 0.25) is 0 Å². The molecule has 0 atom stereocenters. The highest BCUT2D eigenvalue weighted by Gasteiger charge is 2.32. The number of fused-ring (bicyclic) bond motifs is 1. The highest BCUT2D eigenvalue weighted by molar-refractivity contribution is 6.00. The largest absolute Gasteiger partial charge is 0.493 e. The third-order valence-electron chi connectivity index (χ3n) is 8.07. The first-order valence-corrected chi connectivity index (χ1v) is 15.6. The van der Waals surface area contributed by atoms with E-state index in [4.69, 9.17) is 9.47 Å². The lowest BCUT2D eigenvalue weighted by atomic mass is 9.88. The quantitative estimate of drug-likeness (QED) is 0.139. The number of ether oxygens (including phenoxy) is 2. The van der Waals surface area contributed by atoms with Crippen molar-refractivity contribution < 1.29 is 27.2 Å². The summed E-state index contributed by atoms with van der Waals surface area (Å²) in [6.07, 6.45) is 15.1. The lowest BCUT2D eigenvalue weighted by Gasteiger charge is -2.24. The van der Waals surface area contributed by atoms with Gasteiger partial charge < -0.3 is 9.47 Å². The zero-order valence-electron chi connectivity index (χ0n) is 25.5. The molecule has 6 heteroatoms. The predicted octanol–water partition coefficient (Wildman–Crippen LogP) is 10.0. The van der Waals surface area contributed by atoms with Crippen LogP contribution in [0.1, 0.15) is 119 Å². The number of alkyl halides is 3. The number of hydrogen-bond donors (Lipinski definition) is 0. The minimum absolute atomic E-state index is 0.583. The average molecular weight is 573 g/mol. The molecule has 0 saturated carbocycles. The van der Waals surface area contributed by atoms with E-state index < -0.39 is 11.7 Å². The van der Waals surface area contributed by atoms with Crippen molar-refractivity contribution in [2.75, 3.05) is 20.8 Å². The number of halogens is 3. The summed E-state index contributed by atoms with van der Waals surface area (Å²) in [7, 11) is 3.38. The second kappa shape index (κ2) is 16.6. The van der Waals surface area contributed by atoms with Gasteiger partial charge in [-0.1, -0.05) is 89.5 Å². The summed E-state index contributed by atoms with van der Waals surface area (Å²) in [5, 5.41) is 0. The fraction of sp³-hybridized carbons (Fsp3) is 0.571. The Hall–Kier alpha value is -2.76. The van der Waals surface area contributed by atoms with Crippen LogP contribution in [0.25, 0.3) is 6.08 Å². The average Bonchev–Trinajstić information content (AvgIpc) is 2.96. The van der Waals surface area contributed by atoms with Crippen LogP contribution in [0.5, 0.6) is 11.5 Å². The van der Waals surface area contributed by atoms with E-state index in [1.54, 1.807) is 26.4 Å². The van der Waals surface area contributed by atoms with Crippen LogP contribution < -0.4 is 9.47 Å². The predicted molar refractivity (Wildman–Crippen MR) is 163 cm³/mol. The SMILES string of the molecule is CCCCCC/C=C\c1c2c(cc(OC)c1OC)C(CCCCCCCC)=[N+](Cc1ccc(C(F)(F)F)cc1)CC2. The third kappa shape index (κ3) is 9.37. The Kier molecular flexibility index (Phi) is 13.3. The van der Waals surface area contributed by atoms with Crippen molar-refractivity contribution >= 4 is 11.8 Å². The molecule has 0 spiro atoms. The minimum Gasteiger partial charge on any atom is -0.493 e. The molecule has 0 radical (unpaired) electrons. The van der Waals surface area contributed by atoms with Crippen molar-refractivity contribution in [2.45, 2.75) is 110 Å². The molecule has 0 aromatic heterocycles. The van der Waals surface area contributed by atoms with Gasteiger partial charge >= 0.3 is 6.18 Å². The molecule has 0 bridgehead atoms. The summed E-state index contributed by atoms with van der Waals surface area (Å²) < 4.78 is 53.5. The van der Waals surface area contributed by atoms with Gasteiger partial charge in [-0.3, -0.25) is 0 Å². The van der Waals surface area contributed by atoms with Crippen molar-refractivity contribution in [2.24, 2.45) is 0 Å². The maximum absolute atomic E-state index is 13.2. The van der Waals surface area contributed by atoms with Crippen molar-refractivity contribution in [1.29, 1.82) is 0 Å². The maximum atomic E-state index is 13.2. The van der Waals surface area contributed by atoms with E-state index in [9.17, 15) is 13.2 Å². The molecule has 2 aromatic rings. The zero-order valence-corrected chi connectivity index (χ0v) is 25.5. The van der Waals surface area contributed by atoms with Gasteiger partial charge in [-0.2, -0.15) is 13.2 Å². The molecule has 0 unspecified atom stereocenters. The first-order chi connectivity index (χ1) is 19.8. The molecule has 1 aliphatic heterocycles. The van der Waals surface area contributed by atoms with E-state index in [1.807, 2.05) is 0 Å². The second-order valence-electron chi connectivity index (χ2n) is 11.1. The van der Waals surface area contributed by atoms with Gasteiger partial charge in [0.1, 0.15) is 6.54 Å². The Labute approximate surface area is 245 Å². The van der Waals surface area contributed by atoms with Crippen molar-refractivity contribution in [3.63, 3.8) is 0 Å². The van der Waals surface area contributed by atoms with E-state index in [-0.39, 0.29) is 0 Å². The summed E-state index contributed by atoms with van der Waals surface area (Å²) in [6, 6.07) is 7.72. The second-order valence-corrected chi connectivity index (χ2v) is 11.1. The lowest BCUT2D eigenvalue weighted by molar-refractivity contribution is -0.545. The number of methoxy groups -OCH3 is 2. The summed E-state index contributed by atoms with van der Waals surface area (Å²) in [6.45, 7) is 5.85. The van der Waals surface area contributed by atoms with E-state index in [1.165, 1.54) is 86.8 Å². The molecule has 41 heavy (non-hydrogen) atoms. The van der Waals surface area contributed by atoms with Crippen LogP contribution in [-0.2, 0) is 19.1 Å². The van der Waals surface area contributed by atoms with Gasteiger partial charge in [0.25, 0.3) is 0 Å². The monoisotopic (exact) mass is 572 g/mol. The van der Waals surface area contributed by atoms with Gasteiger partial charge in [-0.05, 0) is 43.0 Å². The van der Waals surface area contributed by atoms with Crippen molar-refractivity contribution in [3.8, 4) is 11.5 Å². The normalized spacial score (nSPS) is 13.6. The number of allylic oxidation sites excluding steroid dienone is 1. The molecule has 3 nitrogen and oxygen atoms in total. The smallest absolute Gasteiger partial charge is 0.416 e. The molecule has 0 saturated heterocycles. The number of benzene rings is 2. The Morgan fingerprint density at radius 2 is 1.51 bits per heavy atom. The summed E-state index contributed by atoms with van der Waals surface area (Å²) in [5.74, 6) is 1.49. The molecule has 0 aliphatic carbocycles. The fourth-order valence-corrected chi connectivity index (χ4v) is 5.77. The highest BCUT2D eigenvalue weighted by atomic mass is 19.4. The summed E-state index contributed by atoms with van der Waals surface area (Å²) in [5.41, 5.74) is 5.07. The van der Waals surface area contributed by atoms with Crippen LogP contribution in [-0.4, -0.2) is 31.1 Å². The fourth-order valence-electron chi connectivity index (χ4n) is 5.77. The molecule has 3 rings (SSSR count). The number of rotatable bonds is 17. The molecule has 0 N–H and O–H groups in total. The van der Waals surface area contributed by atoms with Gasteiger partial charge in [-0.25, -0.2) is 4.58 Å². The van der Waals surface area contributed by atoms with Gasteiger partial charge in [0.15, 0.2) is 23.8 Å². The highest BCUT2D eigenvalue weighted by Crippen LogP contribution is 2.39. The molecule has 226 valence electrons. The van der Waals surface area contributed by atoms with Crippen LogP contribution in [0, 0.1) is 0 Å². The molecule has 1 heterocycles. The van der Waals surface area contributed by atoms with E-state index >= 15 is 0 Å². The van der Waals surface area contributed by atoms with E-state index in [2.05, 4.69) is 36.6 Å². The number of hydrogen-bond acceptors (Lipinski definition) is 2. The van der Waals surface area contributed by atoms with E-state index in [0.717, 1.165) is 49.1 Å². The van der Waals surface area contributed by atoms with Crippen LogP contribution >= 0.6 is 0 Å². The molecular weight excluding hydrogens is 523 g/mol. The Morgan fingerprint density at radius 1 is 0.854 bits per heavy atom. The molecule has 2 aromatic carbocycles. The standard InChI is InChI=1S/C35H49F3NO2/c1-5-7-9-11-13-15-17-30-29-23-24-39(26-27-19-21-28(22-20-27)35(36,37)38)32(18-16-14-12-10-8-6-2)31(29)25-33(40-3)34(30)41-4/h15,17,19-22,25H,5-14,16,18,23-24,26H2,1-4H3/q+1/b17-15-. The summed E-state index contributed by atoms with van der Waals surface area (Å²) >= 11 is 0. The molecule has 0 fully saturated rings. The van der Waals surface area contributed by atoms with Gasteiger partial charge in [0.2, 0.25) is 0 Å². The van der Waals surface area contributed by atoms with Crippen molar-refractivity contribution in [1.82, 2.24) is 0 Å². The minimum atomic E-state index is -4.33. The van der Waals surface area contributed by atoms with Gasteiger partial charge in [0, 0.05) is 29.5 Å². The van der Waals surface area contributed by atoms with Crippen LogP contribution in [0.3, 0.4) is 0 Å². The summed E-state index contributed by atoms with van der Waals surface area (Å²) in [4.78, 5) is 0. The lowest BCUT2D eigenvalue weighted by Crippen LogP contribution is -2.30. The van der Waals surface area contributed by atoms with Gasteiger partial charge in [0.05, 0.1) is 19.8 Å². The Balaban J connectivity index is 1.98. The van der Waals surface area contributed by atoms with Crippen LogP contribution in [0.4, 0.5) is 13.2 Å². The first-order valence-electron chi connectivity index (χ1n) is 15.6. The van der Waals surface area contributed by atoms with E-state index in [0.29, 0.717) is 12.3 Å². The topological polar surface area (TPSA) is 21.5 Å². The third-order valence-corrected chi connectivity index (χ3v) is 8.07. The Bertz CT molecular complexity index is 1150. The number of nitrogens with zero attached hydrogens (tertiary/aromatic N) is 1. The molecule has 0 amide bonds. The van der Waals surface area contributed by atoms with Crippen molar-refractivity contribution in [3.05, 3.63) is 64.2 Å². The zero-order chi connectivity index (χ0) is 29.7. The first kappa shape index (κ1) is 32.8. The Morgan fingerprint density at radius 3 is 2.15 bits per heavy atom.